The van der Waals surface area contributed by atoms with Gasteiger partial charge in [0.05, 0.1) is 7.11 Å². The van der Waals surface area contributed by atoms with E-state index in [1.807, 2.05) is 37.3 Å². The number of ether oxygens (including phenoxy) is 1. The van der Waals surface area contributed by atoms with Crippen LogP contribution in [-0.2, 0) is 0 Å². The van der Waals surface area contributed by atoms with E-state index < -0.39 is 0 Å². The molecule has 0 unspecified atom stereocenters. The van der Waals surface area contributed by atoms with Gasteiger partial charge >= 0.3 is 0 Å². The standard InChI is InChI=1S/C14H12N2O/c1-10-13(8-9-14(15-2)16-10)11-4-6-12(17-3)7-5-11/h4-9H,1,3H3. The number of hydrogen-bond donors (Lipinski definition) is 0. The fourth-order valence-electron chi connectivity index (χ4n) is 1.69. The molecule has 0 radical (unpaired) electrons. The summed E-state index contributed by atoms with van der Waals surface area (Å²) in [6, 6.07) is 11.5. The van der Waals surface area contributed by atoms with Crippen molar-refractivity contribution in [1.29, 1.82) is 0 Å². The molecule has 0 aliphatic carbocycles. The highest BCUT2D eigenvalue weighted by Crippen LogP contribution is 2.26. The monoisotopic (exact) mass is 224 g/mol. The first-order valence-corrected chi connectivity index (χ1v) is 5.24. The van der Waals surface area contributed by atoms with Crippen molar-refractivity contribution >= 4 is 5.82 Å². The summed E-state index contributed by atoms with van der Waals surface area (Å²) in [5, 5.41) is 0. The third kappa shape index (κ3) is 2.26. The number of nitrogens with zero attached hydrogens (tertiary/aromatic N) is 2. The zero-order chi connectivity index (χ0) is 12.3. The van der Waals surface area contributed by atoms with Crippen LogP contribution in [0, 0.1) is 13.5 Å². The molecule has 0 spiro atoms. The molecule has 0 atom stereocenters. The molecule has 0 amide bonds. The number of rotatable bonds is 2. The summed E-state index contributed by atoms with van der Waals surface area (Å²) < 4.78 is 5.12. The topological polar surface area (TPSA) is 26.5 Å². The lowest BCUT2D eigenvalue weighted by Crippen LogP contribution is -1.88. The largest absolute Gasteiger partial charge is 0.497 e. The van der Waals surface area contributed by atoms with Crippen molar-refractivity contribution in [2.24, 2.45) is 0 Å². The third-order valence-corrected chi connectivity index (χ3v) is 2.59. The van der Waals surface area contributed by atoms with Gasteiger partial charge < -0.3 is 9.58 Å². The first-order valence-electron chi connectivity index (χ1n) is 5.24. The first-order chi connectivity index (χ1) is 8.24. The van der Waals surface area contributed by atoms with Crippen LogP contribution in [0.3, 0.4) is 0 Å². The summed E-state index contributed by atoms with van der Waals surface area (Å²) in [4.78, 5) is 7.54. The van der Waals surface area contributed by atoms with E-state index in [1.165, 1.54) is 0 Å². The molecule has 1 aromatic heterocycles. The average molecular weight is 224 g/mol. The van der Waals surface area contributed by atoms with E-state index in [2.05, 4.69) is 9.83 Å². The minimum absolute atomic E-state index is 0.430. The smallest absolute Gasteiger partial charge is 0.269 e. The Kier molecular flexibility index (Phi) is 3.06. The van der Waals surface area contributed by atoms with Crippen LogP contribution in [-0.4, -0.2) is 12.1 Å². The minimum atomic E-state index is 0.430. The quantitative estimate of drug-likeness (QED) is 0.728. The summed E-state index contributed by atoms with van der Waals surface area (Å²) in [6.45, 7) is 8.83. The Morgan fingerprint density at radius 2 is 1.82 bits per heavy atom. The van der Waals surface area contributed by atoms with Crippen LogP contribution < -0.4 is 4.74 Å². The Labute approximate surface area is 101 Å². The van der Waals surface area contributed by atoms with Gasteiger partial charge in [-0.1, -0.05) is 24.8 Å². The van der Waals surface area contributed by atoms with Gasteiger partial charge in [0.25, 0.3) is 5.82 Å². The number of aryl methyl sites for hydroxylation is 1. The van der Waals surface area contributed by atoms with E-state index in [9.17, 15) is 0 Å². The van der Waals surface area contributed by atoms with Crippen molar-refractivity contribution in [2.45, 2.75) is 6.92 Å². The van der Waals surface area contributed by atoms with Crippen molar-refractivity contribution in [2.75, 3.05) is 7.11 Å². The van der Waals surface area contributed by atoms with Crippen LogP contribution >= 0.6 is 0 Å². The molecule has 0 N–H and O–H groups in total. The molecule has 0 saturated heterocycles. The van der Waals surface area contributed by atoms with Gasteiger partial charge in [-0.25, -0.2) is 0 Å². The van der Waals surface area contributed by atoms with Gasteiger partial charge in [0.2, 0.25) is 0 Å². The Bertz CT molecular complexity index is 568. The molecule has 0 bridgehead atoms. The highest BCUT2D eigenvalue weighted by Gasteiger charge is 2.07. The lowest BCUT2D eigenvalue weighted by molar-refractivity contribution is 0.415. The second-order valence-corrected chi connectivity index (χ2v) is 3.64. The fraction of sp³-hybridized carbons (Fsp3) is 0.143. The highest BCUT2D eigenvalue weighted by molar-refractivity contribution is 5.67. The SMILES string of the molecule is [C-]#[N+]c1ccc(-c2ccc(OC)cc2)c(C)n1. The molecule has 84 valence electrons. The van der Waals surface area contributed by atoms with Gasteiger partial charge in [0.1, 0.15) is 11.4 Å². The summed E-state index contributed by atoms with van der Waals surface area (Å²) >= 11 is 0. The summed E-state index contributed by atoms with van der Waals surface area (Å²) in [7, 11) is 1.65. The molecule has 17 heavy (non-hydrogen) atoms. The van der Waals surface area contributed by atoms with Crippen molar-refractivity contribution in [3.8, 4) is 16.9 Å². The predicted octanol–water partition coefficient (Wildman–Crippen LogP) is 3.62. The molecule has 0 fully saturated rings. The van der Waals surface area contributed by atoms with Crippen LogP contribution in [0.2, 0.25) is 0 Å². The Balaban J connectivity index is 2.42. The molecule has 1 aromatic carbocycles. The van der Waals surface area contributed by atoms with E-state index >= 15 is 0 Å². The summed E-state index contributed by atoms with van der Waals surface area (Å²) in [6.07, 6.45) is 0. The molecular formula is C14H12N2O. The number of aromatic nitrogens is 1. The van der Waals surface area contributed by atoms with Crippen molar-refractivity contribution in [3.63, 3.8) is 0 Å². The normalized spacial score (nSPS) is 9.71. The predicted molar refractivity (Wildman–Crippen MR) is 67.2 cm³/mol. The van der Waals surface area contributed by atoms with E-state index in [1.54, 1.807) is 13.2 Å². The number of benzene rings is 1. The third-order valence-electron chi connectivity index (χ3n) is 2.59. The zero-order valence-corrected chi connectivity index (χ0v) is 9.77. The van der Waals surface area contributed by atoms with Gasteiger partial charge in [0, 0.05) is 12.5 Å². The summed E-state index contributed by atoms with van der Waals surface area (Å²) in [5.74, 6) is 1.26. The first kappa shape index (κ1) is 11.2. The van der Waals surface area contributed by atoms with Crippen LogP contribution in [0.25, 0.3) is 16.0 Å². The Morgan fingerprint density at radius 1 is 1.12 bits per heavy atom. The number of pyridine rings is 1. The molecule has 2 rings (SSSR count). The minimum Gasteiger partial charge on any atom is -0.497 e. The highest BCUT2D eigenvalue weighted by atomic mass is 16.5. The molecule has 3 heteroatoms. The van der Waals surface area contributed by atoms with Crippen LogP contribution in [0.15, 0.2) is 36.4 Å². The van der Waals surface area contributed by atoms with Gasteiger partial charge in [-0.05, 0) is 23.8 Å². The molecule has 0 saturated carbocycles. The molecule has 2 aromatic rings. The molecular weight excluding hydrogens is 212 g/mol. The Morgan fingerprint density at radius 3 is 2.35 bits per heavy atom. The molecule has 0 aliphatic heterocycles. The summed E-state index contributed by atoms with van der Waals surface area (Å²) in [5.41, 5.74) is 2.98. The van der Waals surface area contributed by atoms with E-state index in [-0.39, 0.29) is 0 Å². The van der Waals surface area contributed by atoms with E-state index in [4.69, 9.17) is 11.3 Å². The molecule has 3 nitrogen and oxygen atoms in total. The van der Waals surface area contributed by atoms with E-state index in [0.717, 1.165) is 22.6 Å². The van der Waals surface area contributed by atoms with Gasteiger partial charge in [-0.15, -0.1) is 4.98 Å². The lowest BCUT2D eigenvalue weighted by Gasteiger charge is -2.04. The van der Waals surface area contributed by atoms with Gasteiger partial charge in [0.15, 0.2) is 0 Å². The lowest BCUT2D eigenvalue weighted by atomic mass is 10.0. The second-order valence-electron chi connectivity index (χ2n) is 3.64. The van der Waals surface area contributed by atoms with Gasteiger partial charge in [-0.3, -0.25) is 0 Å². The molecule has 0 aliphatic rings. The Hall–Kier alpha value is -2.34. The zero-order valence-electron chi connectivity index (χ0n) is 9.77. The van der Waals surface area contributed by atoms with E-state index in [0.29, 0.717) is 5.82 Å². The number of methoxy groups -OCH3 is 1. The fourth-order valence-corrected chi connectivity index (χ4v) is 1.69. The maximum Gasteiger partial charge on any atom is 0.269 e. The van der Waals surface area contributed by atoms with Crippen molar-refractivity contribution in [3.05, 3.63) is 53.5 Å². The van der Waals surface area contributed by atoms with Crippen LogP contribution in [0.1, 0.15) is 5.69 Å². The average Bonchev–Trinajstić information content (AvgIpc) is 2.39. The van der Waals surface area contributed by atoms with Crippen molar-refractivity contribution in [1.82, 2.24) is 4.98 Å². The van der Waals surface area contributed by atoms with Crippen molar-refractivity contribution < 1.29 is 4.74 Å². The maximum atomic E-state index is 6.91. The second kappa shape index (κ2) is 4.67. The van der Waals surface area contributed by atoms with Crippen LogP contribution in [0.5, 0.6) is 5.75 Å². The molecule has 1 heterocycles. The van der Waals surface area contributed by atoms with Gasteiger partial charge in [-0.2, -0.15) is 0 Å². The number of hydrogen-bond acceptors (Lipinski definition) is 2. The van der Waals surface area contributed by atoms with Crippen LogP contribution in [0.4, 0.5) is 5.82 Å². The maximum absolute atomic E-state index is 6.91.